The minimum absolute atomic E-state index is 0.0147. The van der Waals surface area contributed by atoms with Crippen molar-refractivity contribution >= 4 is 35.1 Å². The molecule has 0 saturated carbocycles. The molecule has 2 aromatic rings. The molecule has 1 aromatic carbocycles. The number of hydrogen-bond donors (Lipinski definition) is 2. The fourth-order valence-corrected chi connectivity index (χ4v) is 4.01. The van der Waals surface area contributed by atoms with Gasteiger partial charge in [-0.05, 0) is 55.3 Å². The Morgan fingerprint density at radius 1 is 1.56 bits per heavy atom. The van der Waals surface area contributed by atoms with Gasteiger partial charge in [-0.15, -0.1) is 5.10 Å². The summed E-state index contributed by atoms with van der Waals surface area (Å²) < 4.78 is 7.09. The number of carbonyl (C=O) groups excluding carboxylic acids is 1. The SMILES string of the molecule is Cc1cc(SC#N)ccc1NC(=O)CSc1n[nH]c(=O)n1C[C@H]1CCCO1. The van der Waals surface area contributed by atoms with Gasteiger partial charge in [0.1, 0.15) is 5.40 Å². The molecule has 1 aliphatic rings. The fourth-order valence-electron chi connectivity index (χ4n) is 2.78. The number of thioether (sulfide) groups is 2. The molecule has 1 aliphatic heterocycles. The number of H-pyrrole nitrogens is 1. The van der Waals surface area contributed by atoms with Crippen LogP contribution in [0.25, 0.3) is 0 Å². The smallest absolute Gasteiger partial charge is 0.344 e. The molecule has 27 heavy (non-hydrogen) atoms. The molecule has 0 bridgehead atoms. The molecule has 1 amide bonds. The lowest BCUT2D eigenvalue weighted by Gasteiger charge is -2.11. The number of nitriles is 1. The third-order valence-electron chi connectivity index (χ3n) is 4.10. The Kier molecular flexibility index (Phi) is 6.60. The third kappa shape index (κ3) is 5.15. The molecule has 10 heteroatoms. The van der Waals surface area contributed by atoms with Crippen LogP contribution in [-0.2, 0) is 16.1 Å². The van der Waals surface area contributed by atoms with Gasteiger partial charge in [0.25, 0.3) is 0 Å². The van der Waals surface area contributed by atoms with Gasteiger partial charge in [0, 0.05) is 17.2 Å². The number of hydrogen-bond acceptors (Lipinski definition) is 7. The van der Waals surface area contributed by atoms with Gasteiger partial charge in [-0.3, -0.25) is 9.36 Å². The molecule has 2 N–H and O–H groups in total. The normalized spacial score (nSPS) is 16.2. The van der Waals surface area contributed by atoms with Crippen molar-refractivity contribution in [1.29, 1.82) is 5.26 Å². The van der Waals surface area contributed by atoms with Crippen LogP contribution in [0.5, 0.6) is 0 Å². The number of aryl methyl sites for hydroxylation is 1. The Balaban J connectivity index is 1.58. The van der Waals surface area contributed by atoms with Crippen molar-refractivity contribution in [3.05, 3.63) is 34.2 Å². The first-order chi connectivity index (χ1) is 13.1. The van der Waals surface area contributed by atoms with Crippen molar-refractivity contribution < 1.29 is 9.53 Å². The van der Waals surface area contributed by atoms with Crippen LogP contribution in [0.2, 0.25) is 0 Å². The molecule has 1 fully saturated rings. The average Bonchev–Trinajstić information content (AvgIpc) is 3.27. The Bertz CT molecular complexity index is 912. The van der Waals surface area contributed by atoms with Crippen molar-refractivity contribution in [2.45, 2.75) is 42.5 Å². The lowest BCUT2D eigenvalue weighted by atomic mass is 10.2. The summed E-state index contributed by atoms with van der Waals surface area (Å²) in [7, 11) is 0. The van der Waals surface area contributed by atoms with Crippen LogP contribution in [0.4, 0.5) is 5.69 Å². The van der Waals surface area contributed by atoms with E-state index in [0.717, 1.165) is 35.1 Å². The number of aromatic amines is 1. The quantitative estimate of drug-likeness (QED) is 0.537. The van der Waals surface area contributed by atoms with E-state index in [1.165, 1.54) is 16.3 Å². The number of rotatable bonds is 7. The van der Waals surface area contributed by atoms with Crippen molar-refractivity contribution in [1.82, 2.24) is 14.8 Å². The number of benzene rings is 1. The van der Waals surface area contributed by atoms with E-state index in [0.29, 0.717) is 24.0 Å². The van der Waals surface area contributed by atoms with Gasteiger partial charge in [0.15, 0.2) is 5.16 Å². The third-order valence-corrected chi connectivity index (χ3v) is 5.66. The van der Waals surface area contributed by atoms with E-state index in [1.807, 2.05) is 18.4 Å². The number of amides is 1. The number of nitrogens with one attached hydrogen (secondary N) is 2. The summed E-state index contributed by atoms with van der Waals surface area (Å²) in [5, 5.41) is 20.5. The van der Waals surface area contributed by atoms with Gasteiger partial charge in [-0.25, -0.2) is 9.89 Å². The maximum atomic E-state index is 12.3. The highest BCUT2D eigenvalue weighted by Gasteiger charge is 2.20. The summed E-state index contributed by atoms with van der Waals surface area (Å²) in [5.74, 6) is -0.0628. The van der Waals surface area contributed by atoms with E-state index in [9.17, 15) is 9.59 Å². The molecule has 142 valence electrons. The molecule has 0 radical (unpaired) electrons. The Morgan fingerprint density at radius 2 is 2.41 bits per heavy atom. The van der Waals surface area contributed by atoms with Crippen molar-refractivity contribution in [3.8, 4) is 5.40 Å². The van der Waals surface area contributed by atoms with Gasteiger partial charge in [-0.1, -0.05) is 11.8 Å². The first kappa shape index (κ1) is 19.5. The van der Waals surface area contributed by atoms with E-state index in [-0.39, 0.29) is 23.5 Å². The van der Waals surface area contributed by atoms with E-state index >= 15 is 0 Å². The summed E-state index contributed by atoms with van der Waals surface area (Å²) in [5.41, 5.74) is 1.28. The number of aromatic nitrogens is 3. The Morgan fingerprint density at radius 3 is 3.11 bits per heavy atom. The Labute approximate surface area is 164 Å². The fraction of sp³-hybridized carbons (Fsp3) is 0.412. The summed E-state index contributed by atoms with van der Waals surface area (Å²) in [4.78, 5) is 25.0. The summed E-state index contributed by atoms with van der Waals surface area (Å²) >= 11 is 2.28. The van der Waals surface area contributed by atoms with Crippen LogP contribution >= 0.6 is 23.5 Å². The number of anilines is 1. The van der Waals surface area contributed by atoms with E-state index in [1.54, 1.807) is 12.1 Å². The summed E-state index contributed by atoms with van der Waals surface area (Å²) in [6, 6.07) is 5.42. The van der Waals surface area contributed by atoms with Crippen LogP contribution in [0, 0.1) is 17.6 Å². The highest BCUT2D eigenvalue weighted by atomic mass is 32.2. The minimum atomic E-state index is -0.296. The zero-order valence-corrected chi connectivity index (χ0v) is 16.4. The number of ether oxygens (including phenoxy) is 1. The highest BCUT2D eigenvalue weighted by Crippen LogP contribution is 2.24. The molecule has 3 rings (SSSR count). The first-order valence-corrected chi connectivity index (χ1v) is 10.2. The second-order valence-electron chi connectivity index (χ2n) is 6.06. The maximum Gasteiger partial charge on any atom is 0.344 e. The molecule has 1 saturated heterocycles. The molecular weight excluding hydrogens is 386 g/mol. The Hall–Kier alpha value is -2.22. The largest absolute Gasteiger partial charge is 0.376 e. The van der Waals surface area contributed by atoms with Gasteiger partial charge >= 0.3 is 5.69 Å². The second kappa shape index (κ2) is 9.12. The lowest BCUT2D eigenvalue weighted by Crippen LogP contribution is -2.25. The standard InChI is InChI=1S/C17H19N5O3S2/c1-11-7-13(27-10-18)4-5-14(11)19-15(23)9-26-17-21-20-16(24)22(17)8-12-3-2-6-25-12/h4-5,7,12H,2-3,6,8-9H2,1H3,(H,19,23)(H,20,24)/t12-/m1/s1. The highest BCUT2D eigenvalue weighted by molar-refractivity contribution is 8.03. The second-order valence-corrected chi connectivity index (χ2v) is 7.86. The van der Waals surface area contributed by atoms with Gasteiger partial charge < -0.3 is 10.1 Å². The summed E-state index contributed by atoms with van der Waals surface area (Å²) in [6.07, 6.45) is 1.93. The molecule has 0 unspecified atom stereocenters. The number of nitrogens with zero attached hydrogens (tertiary/aromatic N) is 3. The van der Waals surface area contributed by atoms with Gasteiger partial charge in [-0.2, -0.15) is 5.26 Å². The van der Waals surface area contributed by atoms with E-state index < -0.39 is 0 Å². The molecule has 0 spiro atoms. The molecule has 1 aromatic heterocycles. The zero-order chi connectivity index (χ0) is 19.2. The summed E-state index contributed by atoms with van der Waals surface area (Å²) in [6.45, 7) is 3.03. The predicted octanol–water partition coefficient (Wildman–Crippen LogP) is 2.36. The predicted molar refractivity (Wildman–Crippen MR) is 104 cm³/mol. The van der Waals surface area contributed by atoms with Crippen LogP contribution < -0.4 is 11.0 Å². The number of thiocyanates is 1. The van der Waals surface area contributed by atoms with Gasteiger partial charge in [0.05, 0.1) is 18.4 Å². The topological polar surface area (TPSA) is 113 Å². The van der Waals surface area contributed by atoms with Crippen molar-refractivity contribution in [3.63, 3.8) is 0 Å². The van der Waals surface area contributed by atoms with Crippen LogP contribution in [0.15, 0.2) is 33.0 Å². The number of carbonyl (C=O) groups is 1. The molecular formula is C17H19N5O3S2. The average molecular weight is 406 g/mol. The van der Waals surface area contributed by atoms with Crippen molar-refractivity contribution in [2.75, 3.05) is 17.7 Å². The van der Waals surface area contributed by atoms with Crippen LogP contribution in [-0.4, -0.2) is 39.1 Å². The minimum Gasteiger partial charge on any atom is -0.376 e. The molecule has 2 heterocycles. The first-order valence-electron chi connectivity index (χ1n) is 8.43. The van der Waals surface area contributed by atoms with E-state index in [2.05, 4.69) is 15.5 Å². The monoisotopic (exact) mass is 405 g/mol. The molecule has 1 atom stereocenters. The van der Waals surface area contributed by atoms with Crippen LogP contribution in [0.1, 0.15) is 18.4 Å². The van der Waals surface area contributed by atoms with Gasteiger partial charge in [0.2, 0.25) is 5.91 Å². The van der Waals surface area contributed by atoms with Crippen LogP contribution in [0.3, 0.4) is 0 Å². The zero-order valence-electron chi connectivity index (χ0n) is 14.7. The maximum absolute atomic E-state index is 12.3. The molecule has 8 nitrogen and oxygen atoms in total. The lowest BCUT2D eigenvalue weighted by molar-refractivity contribution is -0.113. The van der Waals surface area contributed by atoms with E-state index in [4.69, 9.17) is 10.00 Å². The molecule has 0 aliphatic carbocycles. The van der Waals surface area contributed by atoms with Crippen molar-refractivity contribution in [2.24, 2.45) is 0 Å².